The molecule has 0 radical (unpaired) electrons. The Morgan fingerprint density at radius 2 is 1.77 bits per heavy atom. The van der Waals surface area contributed by atoms with Crippen LogP contribution in [0.5, 0.6) is 0 Å². The molecule has 1 rings (SSSR count). The number of amidine groups is 1. The second-order valence-corrected chi connectivity index (χ2v) is 6.31. The number of esters is 3. The first-order valence-electron chi connectivity index (χ1n) is 7.33. The minimum absolute atomic E-state index is 0.313. The first-order valence-corrected chi connectivity index (χ1v) is 8.21. The van der Waals surface area contributed by atoms with Crippen LogP contribution in [0.3, 0.4) is 0 Å². The molecule has 1 aliphatic heterocycles. The van der Waals surface area contributed by atoms with Gasteiger partial charge in [-0.3, -0.25) is 19.8 Å². The Bertz CT molecular complexity index is 624. The van der Waals surface area contributed by atoms with Crippen LogP contribution in [0.15, 0.2) is 5.11 Å². The van der Waals surface area contributed by atoms with Gasteiger partial charge in [-0.15, -0.1) is 0 Å². The number of thioether (sulfide) groups is 1. The zero-order chi connectivity index (χ0) is 19.9. The predicted octanol–water partition coefficient (Wildman–Crippen LogP) is 0.443. The first-order chi connectivity index (χ1) is 12.1. The average molecular weight is 389 g/mol. The number of hydrogen-bond acceptors (Lipinski definition) is 10. The predicted molar refractivity (Wildman–Crippen MR) is 88.8 cm³/mol. The summed E-state index contributed by atoms with van der Waals surface area (Å²) in [6.45, 7) is 3.13. The summed E-state index contributed by atoms with van der Waals surface area (Å²) in [5.74, 6) is -2.01. The van der Waals surface area contributed by atoms with Crippen LogP contribution in [0.1, 0.15) is 20.8 Å². The molecule has 3 unspecified atom stereocenters. The van der Waals surface area contributed by atoms with Crippen molar-refractivity contribution in [1.82, 2.24) is 0 Å². The van der Waals surface area contributed by atoms with Gasteiger partial charge in [0.1, 0.15) is 36.4 Å². The number of nitrogens with two attached hydrogens (primary N) is 1. The Kier molecular flexibility index (Phi) is 8.16. The SMILES string of the molecule is CC(=O)OCC1O[C@@H](SC(=N)N)C(OC(C)=O)C(N=[N+]=[N-])[C@H]1OC(C)=O. The summed E-state index contributed by atoms with van der Waals surface area (Å²) in [4.78, 5) is 36.7. The molecule has 3 N–H and O–H groups in total. The van der Waals surface area contributed by atoms with Crippen molar-refractivity contribution < 1.29 is 33.3 Å². The number of carbonyl (C=O) groups is 3. The molecule has 0 saturated carbocycles. The molecule has 1 fully saturated rings. The van der Waals surface area contributed by atoms with Crippen LogP contribution >= 0.6 is 11.8 Å². The first kappa shape index (κ1) is 21.5. The summed E-state index contributed by atoms with van der Waals surface area (Å²) in [6, 6.07) is -1.18. The van der Waals surface area contributed by atoms with Crippen LogP contribution < -0.4 is 5.73 Å². The van der Waals surface area contributed by atoms with E-state index in [0.717, 1.165) is 13.8 Å². The van der Waals surface area contributed by atoms with Gasteiger partial charge in [-0.25, -0.2) is 0 Å². The molecule has 0 aromatic rings. The van der Waals surface area contributed by atoms with Crippen molar-refractivity contribution in [3.8, 4) is 0 Å². The van der Waals surface area contributed by atoms with E-state index in [1.165, 1.54) is 6.92 Å². The third-order valence-corrected chi connectivity index (χ3v) is 3.97. The number of ether oxygens (including phenoxy) is 4. The normalized spacial score (nSPS) is 27.6. The highest BCUT2D eigenvalue weighted by molar-refractivity contribution is 8.14. The lowest BCUT2D eigenvalue weighted by atomic mass is 9.97. The van der Waals surface area contributed by atoms with Gasteiger partial charge in [-0.1, -0.05) is 16.9 Å². The van der Waals surface area contributed by atoms with Crippen molar-refractivity contribution in [2.45, 2.75) is 50.6 Å². The Morgan fingerprint density at radius 1 is 1.19 bits per heavy atom. The topological polar surface area (TPSA) is 187 Å². The third kappa shape index (κ3) is 6.43. The molecule has 13 heteroatoms. The van der Waals surface area contributed by atoms with Crippen LogP contribution in [0.4, 0.5) is 0 Å². The van der Waals surface area contributed by atoms with Gasteiger partial charge < -0.3 is 24.7 Å². The number of hydrogen-bond donors (Lipinski definition) is 2. The van der Waals surface area contributed by atoms with Crippen LogP contribution in [0.2, 0.25) is 0 Å². The fraction of sp³-hybridized carbons (Fsp3) is 0.692. The van der Waals surface area contributed by atoms with E-state index in [4.69, 9.17) is 35.6 Å². The van der Waals surface area contributed by atoms with Gasteiger partial charge in [0.2, 0.25) is 0 Å². The Labute approximate surface area is 152 Å². The summed E-state index contributed by atoms with van der Waals surface area (Å²) >= 11 is 0.711. The van der Waals surface area contributed by atoms with Gasteiger partial charge in [-0.05, 0) is 5.53 Å². The summed E-state index contributed by atoms with van der Waals surface area (Å²) in [5, 5.41) is 10.6. The van der Waals surface area contributed by atoms with E-state index in [1.807, 2.05) is 0 Å². The molecule has 1 saturated heterocycles. The molecular weight excluding hydrogens is 370 g/mol. The highest BCUT2D eigenvalue weighted by Gasteiger charge is 2.50. The standard InChI is InChI=1S/C13H19N5O7S/c1-5(19)22-4-8-10(23-6(2)20)9(17-18-16)11(24-7(3)21)12(25-8)26-13(14)15/h8-12H,4H2,1-3H3,(H3,14,15)/t8?,9?,10-,11?,12-/m0/s1. The fourth-order valence-electron chi connectivity index (χ4n) is 2.29. The Balaban J connectivity index is 3.27. The van der Waals surface area contributed by atoms with E-state index in [0.29, 0.717) is 11.8 Å². The zero-order valence-electron chi connectivity index (χ0n) is 14.3. The average Bonchev–Trinajstić information content (AvgIpc) is 2.50. The minimum atomic E-state index is -1.18. The molecule has 0 amide bonds. The van der Waals surface area contributed by atoms with Gasteiger partial charge in [0.25, 0.3) is 0 Å². The molecule has 0 spiro atoms. The number of azide groups is 1. The molecule has 12 nitrogen and oxygen atoms in total. The van der Waals surface area contributed by atoms with Crippen molar-refractivity contribution in [1.29, 1.82) is 5.41 Å². The molecule has 0 aromatic heterocycles. The molecular formula is C13H19N5O7S. The maximum atomic E-state index is 11.4. The molecule has 0 aliphatic carbocycles. The third-order valence-electron chi connectivity index (χ3n) is 3.10. The number of rotatable bonds is 6. The van der Waals surface area contributed by atoms with Crippen molar-refractivity contribution in [3.63, 3.8) is 0 Å². The maximum Gasteiger partial charge on any atom is 0.303 e. The molecule has 1 heterocycles. The van der Waals surface area contributed by atoms with Crippen molar-refractivity contribution in [2.24, 2.45) is 10.8 Å². The van der Waals surface area contributed by atoms with Crippen LogP contribution in [-0.4, -0.2) is 59.5 Å². The summed E-state index contributed by atoms with van der Waals surface area (Å²) < 4.78 is 20.9. The van der Waals surface area contributed by atoms with Crippen molar-refractivity contribution in [2.75, 3.05) is 6.61 Å². The summed E-state index contributed by atoms with van der Waals surface area (Å²) in [7, 11) is 0. The van der Waals surface area contributed by atoms with E-state index in [-0.39, 0.29) is 11.8 Å². The fourth-order valence-corrected chi connectivity index (χ4v) is 3.09. The van der Waals surface area contributed by atoms with Crippen LogP contribution in [0, 0.1) is 5.41 Å². The lowest BCUT2D eigenvalue weighted by molar-refractivity contribution is -0.200. The van der Waals surface area contributed by atoms with E-state index in [2.05, 4.69) is 10.0 Å². The second kappa shape index (κ2) is 9.85. The second-order valence-electron chi connectivity index (χ2n) is 5.17. The van der Waals surface area contributed by atoms with Gasteiger partial charge in [0.05, 0.1) is 0 Å². The summed E-state index contributed by atoms with van der Waals surface area (Å²) in [5.41, 5.74) is 13.2. The zero-order valence-corrected chi connectivity index (χ0v) is 15.1. The number of carbonyl (C=O) groups excluding carboxylic acids is 3. The lowest BCUT2D eigenvalue weighted by Gasteiger charge is -2.43. The largest absolute Gasteiger partial charge is 0.463 e. The van der Waals surface area contributed by atoms with Gasteiger partial charge in [0, 0.05) is 25.7 Å². The van der Waals surface area contributed by atoms with Crippen LogP contribution in [0.25, 0.3) is 10.4 Å². The summed E-state index contributed by atoms with van der Waals surface area (Å²) in [6.07, 6.45) is -3.40. The smallest absolute Gasteiger partial charge is 0.303 e. The molecule has 144 valence electrons. The van der Waals surface area contributed by atoms with E-state index < -0.39 is 47.7 Å². The Morgan fingerprint density at radius 3 is 2.23 bits per heavy atom. The molecule has 1 aliphatic rings. The molecule has 0 bridgehead atoms. The van der Waals surface area contributed by atoms with Crippen molar-refractivity contribution in [3.05, 3.63) is 10.4 Å². The molecule has 26 heavy (non-hydrogen) atoms. The number of nitrogens with zero attached hydrogens (tertiary/aromatic N) is 3. The Hall–Kier alpha value is -2.50. The van der Waals surface area contributed by atoms with Crippen LogP contribution in [-0.2, 0) is 33.3 Å². The quantitative estimate of drug-likeness (QED) is 0.124. The maximum absolute atomic E-state index is 11.4. The van der Waals surface area contributed by atoms with Gasteiger partial charge >= 0.3 is 17.9 Å². The van der Waals surface area contributed by atoms with E-state index >= 15 is 0 Å². The van der Waals surface area contributed by atoms with Crippen molar-refractivity contribution >= 4 is 34.8 Å². The lowest BCUT2D eigenvalue weighted by Crippen LogP contribution is -2.59. The van der Waals surface area contributed by atoms with Gasteiger partial charge in [0.15, 0.2) is 5.17 Å². The molecule has 5 atom stereocenters. The van der Waals surface area contributed by atoms with E-state index in [1.54, 1.807) is 0 Å². The monoisotopic (exact) mass is 389 g/mol. The highest BCUT2D eigenvalue weighted by Crippen LogP contribution is 2.34. The number of nitrogens with one attached hydrogen (secondary N) is 1. The molecule has 0 aromatic carbocycles. The van der Waals surface area contributed by atoms with Gasteiger partial charge in [-0.2, -0.15) is 0 Å². The minimum Gasteiger partial charge on any atom is -0.463 e. The van der Waals surface area contributed by atoms with E-state index in [9.17, 15) is 14.4 Å². The highest BCUT2D eigenvalue weighted by atomic mass is 32.2.